The molecule has 1 heterocycles. The Morgan fingerprint density at radius 3 is 2.86 bits per heavy atom. The van der Waals surface area contributed by atoms with Crippen LogP contribution < -0.4 is 0 Å². The summed E-state index contributed by atoms with van der Waals surface area (Å²) in [5.74, 6) is -0.661. The molecule has 2 aromatic rings. The molecule has 1 amide bonds. The van der Waals surface area contributed by atoms with E-state index in [0.717, 1.165) is 5.39 Å². The van der Waals surface area contributed by atoms with Gasteiger partial charge in [0.2, 0.25) is 6.08 Å². The average molecular weight is 187 g/mol. The quantitative estimate of drug-likeness (QED) is 0.506. The van der Waals surface area contributed by atoms with Crippen molar-refractivity contribution in [2.24, 2.45) is 4.99 Å². The molecule has 4 nitrogen and oxygen atoms in total. The van der Waals surface area contributed by atoms with Crippen molar-refractivity contribution in [3.63, 3.8) is 0 Å². The Balaban J connectivity index is 2.55. The lowest BCUT2D eigenvalue weighted by atomic mass is 10.2. The standard InChI is InChI=1S/C10H5NO3/c12-6-11-10(13)9-5-7-3-1-2-4-8(7)14-9/h1-5H. The number of fused-ring (bicyclic) bond motifs is 1. The predicted molar refractivity (Wildman–Crippen MR) is 48.7 cm³/mol. The minimum atomic E-state index is -0.712. The van der Waals surface area contributed by atoms with Crippen molar-refractivity contribution in [2.75, 3.05) is 0 Å². The van der Waals surface area contributed by atoms with Gasteiger partial charge in [-0.15, -0.1) is 4.99 Å². The molecule has 4 heteroatoms. The van der Waals surface area contributed by atoms with Crippen LogP contribution in [0.3, 0.4) is 0 Å². The van der Waals surface area contributed by atoms with Gasteiger partial charge in [0.05, 0.1) is 0 Å². The Bertz CT molecular complexity index is 502. The molecular weight excluding hydrogens is 182 g/mol. The molecule has 0 atom stereocenters. The number of hydrogen-bond donors (Lipinski definition) is 0. The van der Waals surface area contributed by atoms with Crippen molar-refractivity contribution in [1.29, 1.82) is 0 Å². The highest BCUT2D eigenvalue weighted by Gasteiger charge is 2.10. The van der Waals surface area contributed by atoms with Gasteiger partial charge in [-0.25, -0.2) is 4.79 Å². The maximum atomic E-state index is 11.1. The fraction of sp³-hybridized carbons (Fsp3) is 0. The van der Waals surface area contributed by atoms with Crippen LogP contribution in [0, 0.1) is 0 Å². The molecule has 1 aromatic carbocycles. The molecular formula is C10H5NO3. The van der Waals surface area contributed by atoms with Gasteiger partial charge in [-0.1, -0.05) is 18.2 Å². The highest BCUT2D eigenvalue weighted by atomic mass is 16.3. The third-order valence-corrected chi connectivity index (χ3v) is 1.78. The number of aliphatic imine (C=N–C) groups is 1. The van der Waals surface area contributed by atoms with Crippen LogP contribution in [0.25, 0.3) is 11.0 Å². The van der Waals surface area contributed by atoms with Gasteiger partial charge in [-0.3, -0.25) is 4.79 Å². The number of nitrogens with zero attached hydrogens (tertiary/aromatic N) is 1. The number of benzene rings is 1. The summed E-state index contributed by atoms with van der Waals surface area (Å²) in [4.78, 5) is 23.9. The SMILES string of the molecule is O=C=NC(=O)c1cc2ccccc2o1. The molecule has 0 aliphatic rings. The van der Waals surface area contributed by atoms with E-state index in [4.69, 9.17) is 4.42 Å². The molecule has 0 N–H and O–H groups in total. The third kappa shape index (κ3) is 1.34. The van der Waals surface area contributed by atoms with Crippen LogP contribution in [0.2, 0.25) is 0 Å². The molecule has 14 heavy (non-hydrogen) atoms. The second-order valence-corrected chi connectivity index (χ2v) is 2.66. The summed E-state index contributed by atoms with van der Waals surface area (Å²) in [5.41, 5.74) is 0.594. The van der Waals surface area contributed by atoms with E-state index in [0.29, 0.717) is 5.58 Å². The summed E-state index contributed by atoms with van der Waals surface area (Å²) >= 11 is 0. The van der Waals surface area contributed by atoms with Crippen molar-refractivity contribution < 1.29 is 14.0 Å². The molecule has 0 saturated heterocycles. The Hall–Kier alpha value is -2.19. The van der Waals surface area contributed by atoms with Gasteiger partial charge in [0.15, 0.2) is 5.76 Å². The lowest BCUT2D eigenvalue weighted by Crippen LogP contribution is -1.89. The van der Waals surface area contributed by atoms with Crippen molar-refractivity contribution in [2.45, 2.75) is 0 Å². The Kier molecular flexibility index (Phi) is 1.97. The van der Waals surface area contributed by atoms with Crippen LogP contribution in [-0.2, 0) is 4.79 Å². The molecule has 0 aliphatic carbocycles. The number of hydrogen-bond acceptors (Lipinski definition) is 3. The zero-order valence-electron chi connectivity index (χ0n) is 7.06. The number of amides is 1. The predicted octanol–water partition coefficient (Wildman–Crippen LogP) is 1.91. The molecule has 0 spiro atoms. The van der Waals surface area contributed by atoms with Crippen LogP contribution in [0.4, 0.5) is 0 Å². The summed E-state index contributed by atoms with van der Waals surface area (Å²) in [6.45, 7) is 0. The molecule has 1 aromatic heterocycles. The monoisotopic (exact) mass is 187 g/mol. The zero-order valence-corrected chi connectivity index (χ0v) is 7.06. The summed E-state index contributed by atoms with van der Waals surface area (Å²) in [6, 6.07) is 8.70. The summed E-state index contributed by atoms with van der Waals surface area (Å²) in [5, 5.41) is 0.803. The molecule has 0 unspecified atom stereocenters. The minimum Gasteiger partial charge on any atom is -0.451 e. The highest BCUT2D eigenvalue weighted by Crippen LogP contribution is 2.18. The minimum absolute atomic E-state index is 0.0505. The van der Waals surface area contributed by atoms with Crippen LogP contribution in [0.5, 0.6) is 0 Å². The first-order chi connectivity index (χ1) is 6.81. The Morgan fingerprint density at radius 2 is 2.14 bits per heavy atom. The lowest BCUT2D eigenvalue weighted by molar-refractivity contribution is 0.0978. The smallest absolute Gasteiger partial charge is 0.323 e. The lowest BCUT2D eigenvalue weighted by Gasteiger charge is -1.83. The topological polar surface area (TPSA) is 59.6 Å². The maximum absolute atomic E-state index is 11.1. The van der Waals surface area contributed by atoms with E-state index in [2.05, 4.69) is 4.99 Å². The number of furan rings is 1. The van der Waals surface area contributed by atoms with E-state index in [1.165, 1.54) is 6.08 Å². The summed E-state index contributed by atoms with van der Waals surface area (Å²) in [7, 11) is 0. The summed E-state index contributed by atoms with van der Waals surface area (Å²) in [6.07, 6.45) is 1.18. The second kappa shape index (κ2) is 3.28. The number of carbonyl (C=O) groups excluding carboxylic acids is 2. The van der Waals surface area contributed by atoms with Crippen LogP contribution >= 0.6 is 0 Å². The molecule has 0 fully saturated rings. The molecule has 0 saturated carbocycles. The van der Waals surface area contributed by atoms with E-state index < -0.39 is 5.91 Å². The zero-order chi connectivity index (χ0) is 9.97. The third-order valence-electron chi connectivity index (χ3n) is 1.78. The summed E-state index contributed by atoms with van der Waals surface area (Å²) < 4.78 is 5.16. The first kappa shape index (κ1) is 8.41. The van der Waals surface area contributed by atoms with E-state index >= 15 is 0 Å². The molecule has 0 bridgehead atoms. The van der Waals surface area contributed by atoms with Crippen molar-refractivity contribution in [3.05, 3.63) is 36.1 Å². The first-order valence-corrected chi connectivity index (χ1v) is 3.92. The van der Waals surface area contributed by atoms with Gasteiger partial charge in [0, 0.05) is 5.39 Å². The van der Waals surface area contributed by atoms with Gasteiger partial charge >= 0.3 is 5.91 Å². The molecule has 0 aliphatic heterocycles. The Morgan fingerprint density at radius 1 is 1.36 bits per heavy atom. The van der Waals surface area contributed by atoms with Crippen molar-refractivity contribution in [1.82, 2.24) is 0 Å². The normalized spacial score (nSPS) is 9.71. The highest BCUT2D eigenvalue weighted by molar-refractivity contribution is 5.98. The fourth-order valence-corrected chi connectivity index (χ4v) is 1.18. The van der Waals surface area contributed by atoms with Gasteiger partial charge in [-0.2, -0.15) is 0 Å². The van der Waals surface area contributed by atoms with Crippen LogP contribution in [0.15, 0.2) is 39.7 Å². The van der Waals surface area contributed by atoms with E-state index in [-0.39, 0.29) is 5.76 Å². The van der Waals surface area contributed by atoms with Gasteiger partial charge < -0.3 is 4.42 Å². The van der Waals surface area contributed by atoms with Gasteiger partial charge in [-0.05, 0) is 12.1 Å². The molecule has 0 radical (unpaired) electrons. The number of rotatable bonds is 1. The van der Waals surface area contributed by atoms with Crippen LogP contribution in [0.1, 0.15) is 10.6 Å². The second-order valence-electron chi connectivity index (χ2n) is 2.66. The number of carbonyl (C=O) groups is 1. The molecule has 68 valence electrons. The molecule has 2 rings (SSSR count). The van der Waals surface area contributed by atoms with Crippen molar-refractivity contribution in [3.8, 4) is 0 Å². The van der Waals surface area contributed by atoms with Crippen molar-refractivity contribution >= 4 is 23.0 Å². The number of isocyanates is 1. The van der Waals surface area contributed by atoms with E-state index in [1.807, 2.05) is 6.07 Å². The Labute approximate surface area is 78.9 Å². The van der Waals surface area contributed by atoms with E-state index in [1.54, 1.807) is 24.3 Å². The largest absolute Gasteiger partial charge is 0.451 e. The maximum Gasteiger partial charge on any atom is 0.323 e. The fourth-order valence-electron chi connectivity index (χ4n) is 1.18. The van der Waals surface area contributed by atoms with Gasteiger partial charge in [0.1, 0.15) is 5.58 Å². The van der Waals surface area contributed by atoms with Gasteiger partial charge in [0.25, 0.3) is 0 Å². The van der Waals surface area contributed by atoms with E-state index in [9.17, 15) is 9.59 Å². The average Bonchev–Trinajstić information content (AvgIpc) is 2.61. The van der Waals surface area contributed by atoms with Crippen LogP contribution in [-0.4, -0.2) is 12.0 Å². The number of para-hydroxylation sites is 1. The first-order valence-electron chi connectivity index (χ1n) is 3.92.